The number of benzene rings is 2. The van der Waals surface area contributed by atoms with Gasteiger partial charge in [0.1, 0.15) is 5.75 Å². The van der Waals surface area contributed by atoms with Crippen LogP contribution >= 0.6 is 11.8 Å². The van der Waals surface area contributed by atoms with Gasteiger partial charge in [0.2, 0.25) is 0 Å². The van der Waals surface area contributed by atoms with E-state index in [1.165, 1.54) is 11.8 Å². The van der Waals surface area contributed by atoms with Crippen LogP contribution in [0.5, 0.6) is 5.75 Å². The van der Waals surface area contributed by atoms with E-state index >= 15 is 0 Å². The van der Waals surface area contributed by atoms with Gasteiger partial charge in [0.15, 0.2) is 15.0 Å². The number of anilines is 1. The molecule has 2 aromatic rings. The van der Waals surface area contributed by atoms with Crippen molar-refractivity contribution >= 4 is 38.4 Å². The minimum atomic E-state index is -3.09. The highest BCUT2D eigenvalue weighted by molar-refractivity contribution is 8.16. The molecule has 0 radical (unpaired) electrons. The molecule has 2 atom stereocenters. The first-order chi connectivity index (χ1) is 13.9. The minimum absolute atomic E-state index is 0.0732. The van der Waals surface area contributed by atoms with Crippen molar-refractivity contribution in [2.24, 2.45) is 4.99 Å². The standard InChI is InChI=1S/C21H22N2O4S2/c1-2-27-17-10-8-16(9-11-17)23-18-13-29(25,26)14-19(18)28-21(23)22-20(24)12-15-6-4-3-5-7-15/h3-11,18-19H,2,12-14H2,1H3/t18-,19+/m1/s1. The molecule has 2 aliphatic heterocycles. The summed E-state index contributed by atoms with van der Waals surface area (Å²) in [5.41, 5.74) is 1.72. The first-order valence-electron chi connectivity index (χ1n) is 9.50. The number of thioether (sulfide) groups is 1. The lowest BCUT2D eigenvalue weighted by Crippen LogP contribution is -2.37. The molecule has 0 saturated carbocycles. The van der Waals surface area contributed by atoms with Crippen LogP contribution in [0.15, 0.2) is 59.6 Å². The zero-order valence-corrected chi connectivity index (χ0v) is 17.7. The van der Waals surface area contributed by atoms with E-state index in [0.717, 1.165) is 17.0 Å². The SMILES string of the molecule is CCOc1ccc(N2C(=NC(=O)Cc3ccccc3)S[C@H]3CS(=O)(=O)C[C@H]32)cc1. The Morgan fingerprint density at radius 3 is 2.55 bits per heavy atom. The summed E-state index contributed by atoms with van der Waals surface area (Å²) in [6.07, 6.45) is 0.218. The molecule has 2 fully saturated rings. The number of hydrogen-bond donors (Lipinski definition) is 0. The van der Waals surface area contributed by atoms with Gasteiger partial charge < -0.3 is 9.64 Å². The molecule has 6 nitrogen and oxygen atoms in total. The summed E-state index contributed by atoms with van der Waals surface area (Å²) in [5, 5.41) is 0.454. The topological polar surface area (TPSA) is 76.0 Å². The molecule has 0 N–H and O–H groups in total. The number of sulfone groups is 1. The third-order valence-electron chi connectivity index (χ3n) is 4.91. The molecule has 152 valence electrons. The molecule has 0 aromatic heterocycles. The van der Waals surface area contributed by atoms with Crippen LogP contribution in [0.25, 0.3) is 0 Å². The van der Waals surface area contributed by atoms with E-state index < -0.39 is 9.84 Å². The summed E-state index contributed by atoms with van der Waals surface area (Å²) in [6, 6.07) is 16.7. The highest BCUT2D eigenvalue weighted by Crippen LogP contribution is 2.41. The molecular weight excluding hydrogens is 408 g/mol. The number of amidine groups is 1. The lowest BCUT2D eigenvalue weighted by molar-refractivity contribution is -0.117. The van der Waals surface area contributed by atoms with Crippen molar-refractivity contribution in [3.8, 4) is 5.75 Å². The van der Waals surface area contributed by atoms with Crippen LogP contribution in [0.4, 0.5) is 5.69 Å². The van der Waals surface area contributed by atoms with Crippen molar-refractivity contribution < 1.29 is 17.9 Å². The number of carbonyl (C=O) groups is 1. The molecule has 2 aliphatic rings. The number of carbonyl (C=O) groups excluding carboxylic acids is 1. The Labute approximate surface area is 174 Å². The predicted octanol–water partition coefficient (Wildman–Crippen LogP) is 2.93. The van der Waals surface area contributed by atoms with E-state index in [2.05, 4.69) is 4.99 Å². The van der Waals surface area contributed by atoms with Gasteiger partial charge in [-0.25, -0.2) is 8.42 Å². The van der Waals surface area contributed by atoms with Crippen molar-refractivity contribution in [1.82, 2.24) is 0 Å². The van der Waals surface area contributed by atoms with Crippen molar-refractivity contribution in [3.63, 3.8) is 0 Å². The second kappa shape index (κ2) is 8.20. The number of hydrogen-bond acceptors (Lipinski definition) is 5. The van der Waals surface area contributed by atoms with Crippen molar-refractivity contribution in [3.05, 3.63) is 60.2 Å². The Bertz CT molecular complexity index is 1020. The molecule has 2 heterocycles. The van der Waals surface area contributed by atoms with Crippen LogP contribution in [0.2, 0.25) is 0 Å². The maximum absolute atomic E-state index is 12.6. The van der Waals surface area contributed by atoms with Gasteiger partial charge in [0.05, 0.1) is 30.6 Å². The molecule has 8 heteroatoms. The monoisotopic (exact) mass is 430 g/mol. The predicted molar refractivity (Wildman–Crippen MR) is 116 cm³/mol. The largest absolute Gasteiger partial charge is 0.494 e. The van der Waals surface area contributed by atoms with E-state index in [-0.39, 0.29) is 35.1 Å². The first kappa shape index (κ1) is 20.0. The summed E-state index contributed by atoms with van der Waals surface area (Å²) < 4.78 is 29.8. The van der Waals surface area contributed by atoms with Gasteiger partial charge in [-0.2, -0.15) is 4.99 Å². The Hall–Kier alpha value is -2.32. The average molecular weight is 431 g/mol. The van der Waals surface area contributed by atoms with E-state index in [9.17, 15) is 13.2 Å². The second-order valence-corrected chi connectivity index (χ2v) is 10.4. The summed E-state index contributed by atoms with van der Waals surface area (Å²) in [7, 11) is -3.09. The van der Waals surface area contributed by atoms with Gasteiger partial charge in [-0.3, -0.25) is 4.79 Å². The fourth-order valence-corrected chi connectivity index (χ4v) is 7.58. The summed E-state index contributed by atoms with van der Waals surface area (Å²) in [4.78, 5) is 18.8. The fraction of sp³-hybridized carbons (Fsp3) is 0.333. The van der Waals surface area contributed by atoms with Crippen LogP contribution in [0.1, 0.15) is 12.5 Å². The first-order valence-corrected chi connectivity index (χ1v) is 12.2. The normalized spacial score (nSPS) is 23.9. The van der Waals surface area contributed by atoms with Gasteiger partial charge >= 0.3 is 0 Å². The maximum Gasteiger partial charge on any atom is 0.252 e. The Morgan fingerprint density at radius 2 is 1.86 bits per heavy atom. The van der Waals surface area contributed by atoms with Gasteiger partial charge in [-0.1, -0.05) is 42.1 Å². The number of nitrogens with zero attached hydrogens (tertiary/aromatic N) is 2. The third-order valence-corrected chi connectivity index (χ3v) is 8.12. The zero-order chi connectivity index (χ0) is 20.4. The quantitative estimate of drug-likeness (QED) is 0.726. The van der Waals surface area contributed by atoms with Crippen LogP contribution in [-0.2, 0) is 21.1 Å². The van der Waals surface area contributed by atoms with E-state index in [1.807, 2.05) is 66.4 Å². The van der Waals surface area contributed by atoms with Gasteiger partial charge in [-0.05, 0) is 36.8 Å². The number of amides is 1. The van der Waals surface area contributed by atoms with Crippen LogP contribution < -0.4 is 9.64 Å². The number of rotatable bonds is 5. The highest BCUT2D eigenvalue weighted by atomic mass is 32.2. The lowest BCUT2D eigenvalue weighted by Gasteiger charge is -2.24. The van der Waals surface area contributed by atoms with E-state index in [4.69, 9.17) is 4.74 Å². The van der Waals surface area contributed by atoms with E-state index in [0.29, 0.717) is 11.8 Å². The van der Waals surface area contributed by atoms with Gasteiger partial charge in [0, 0.05) is 10.9 Å². The molecule has 2 aromatic carbocycles. The number of aliphatic imine (C=N–C) groups is 1. The molecule has 29 heavy (non-hydrogen) atoms. The van der Waals surface area contributed by atoms with Gasteiger partial charge in [0.25, 0.3) is 5.91 Å². The Kier molecular flexibility index (Phi) is 5.65. The Balaban J connectivity index is 1.62. The maximum atomic E-state index is 12.6. The summed E-state index contributed by atoms with van der Waals surface area (Å²) >= 11 is 1.38. The van der Waals surface area contributed by atoms with Crippen molar-refractivity contribution in [2.75, 3.05) is 23.0 Å². The molecule has 0 spiro atoms. The molecule has 2 saturated heterocycles. The molecule has 0 aliphatic carbocycles. The summed E-state index contributed by atoms with van der Waals surface area (Å²) in [6.45, 7) is 2.49. The zero-order valence-electron chi connectivity index (χ0n) is 16.0. The highest BCUT2D eigenvalue weighted by Gasteiger charge is 2.49. The van der Waals surface area contributed by atoms with Crippen LogP contribution in [-0.4, -0.2) is 48.9 Å². The minimum Gasteiger partial charge on any atom is -0.494 e. The van der Waals surface area contributed by atoms with Crippen LogP contribution in [0.3, 0.4) is 0 Å². The molecule has 0 bridgehead atoms. The fourth-order valence-electron chi connectivity index (χ4n) is 3.65. The molecule has 1 amide bonds. The van der Waals surface area contributed by atoms with Crippen molar-refractivity contribution in [2.45, 2.75) is 24.6 Å². The molecule has 4 rings (SSSR count). The van der Waals surface area contributed by atoms with Crippen LogP contribution in [0, 0.1) is 0 Å². The van der Waals surface area contributed by atoms with E-state index in [1.54, 1.807) is 0 Å². The third kappa shape index (κ3) is 4.48. The lowest BCUT2D eigenvalue weighted by atomic mass is 10.1. The number of ether oxygens (including phenoxy) is 1. The van der Waals surface area contributed by atoms with Crippen molar-refractivity contribution in [1.29, 1.82) is 0 Å². The average Bonchev–Trinajstić information content (AvgIpc) is 3.14. The summed E-state index contributed by atoms with van der Waals surface area (Å²) in [5.74, 6) is 0.695. The second-order valence-electron chi connectivity index (χ2n) is 7.05. The Morgan fingerprint density at radius 1 is 1.14 bits per heavy atom. The molecular formula is C21H22N2O4S2. The van der Waals surface area contributed by atoms with Gasteiger partial charge in [-0.15, -0.1) is 0 Å². The number of fused-ring (bicyclic) bond motifs is 1. The smallest absolute Gasteiger partial charge is 0.252 e. The molecule has 0 unspecified atom stereocenters.